The SMILES string of the molecule is Cc1ccc(C)c(OCCC(=O)N(C)Cc2ccc(OC(F)F)cc2)c1. The average Bonchev–Trinajstić information content (AvgIpc) is 2.59. The molecule has 0 aliphatic heterocycles. The maximum absolute atomic E-state index is 12.2. The Kier molecular flexibility index (Phi) is 6.95. The van der Waals surface area contributed by atoms with Gasteiger partial charge in [-0.3, -0.25) is 4.79 Å². The lowest BCUT2D eigenvalue weighted by Gasteiger charge is -2.18. The van der Waals surface area contributed by atoms with E-state index in [4.69, 9.17) is 4.74 Å². The summed E-state index contributed by atoms with van der Waals surface area (Å²) in [5.74, 6) is 0.831. The van der Waals surface area contributed by atoms with Crippen LogP contribution in [-0.2, 0) is 11.3 Å². The number of halogens is 2. The van der Waals surface area contributed by atoms with Crippen molar-refractivity contribution in [3.05, 3.63) is 59.2 Å². The number of rotatable bonds is 8. The molecule has 0 aliphatic rings. The molecule has 6 heteroatoms. The highest BCUT2D eigenvalue weighted by Gasteiger charge is 2.11. The van der Waals surface area contributed by atoms with Crippen LogP contribution >= 0.6 is 0 Å². The number of aryl methyl sites for hydroxylation is 2. The van der Waals surface area contributed by atoms with Gasteiger partial charge in [0.25, 0.3) is 0 Å². The maximum atomic E-state index is 12.2. The first-order valence-corrected chi connectivity index (χ1v) is 8.33. The molecule has 2 aromatic rings. The van der Waals surface area contributed by atoms with Crippen molar-refractivity contribution in [1.82, 2.24) is 4.90 Å². The second-order valence-electron chi connectivity index (χ2n) is 6.14. The molecular weight excluding hydrogens is 340 g/mol. The molecule has 0 fully saturated rings. The van der Waals surface area contributed by atoms with Crippen LogP contribution in [0.5, 0.6) is 11.5 Å². The molecule has 0 N–H and O–H groups in total. The standard InChI is InChI=1S/C20H23F2NO3/c1-14-4-5-15(2)18(12-14)25-11-10-19(24)23(3)13-16-6-8-17(9-7-16)26-20(21)22/h4-9,12,20H,10-11,13H2,1-3H3. The summed E-state index contributed by atoms with van der Waals surface area (Å²) in [6, 6.07) is 12.2. The van der Waals surface area contributed by atoms with Gasteiger partial charge < -0.3 is 14.4 Å². The lowest BCUT2D eigenvalue weighted by Crippen LogP contribution is -2.27. The fourth-order valence-corrected chi connectivity index (χ4v) is 2.44. The van der Waals surface area contributed by atoms with E-state index in [0.717, 1.165) is 22.4 Å². The van der Waals surface area contributed by atoms with Crippen molar-refractivity contribution >= 4 is 5.91 Å². The van der Waals surface area contributed by atoms with Gasteiger partial charge in [-0.25, -0.2) is 0 Å². The van der Waals surface area contributed by atoms with Gasteiger partial charge in [0.2, 0.25) is 5.91 Å². The lowest BCUT2D eigenvalue weighted by molar-refractivity contribution is -0.130. The van der Waals surface area contributed by atoms with Crippen LogP contribution in [0.25, 0.3) is 0 Å². The molecule has 0 aromatic heterocycles. The quantitative estimate of drug-likeness (QED) is 0.701. The van der Waals surface area contributed by atoms with Gasteiger partial charge in [0, 0.05) is 13.6 Å². The van der Waals surface area contributed by atoms with Crippen molar-refractivity contribution < 1.29 is 23.0 Å². The highest BCUT2D eigenvalue weighted by atomic mass is 19.3. The molecule has 0 radical (unpaired) electrons. The van der Waals surface area contributed by atoms with Gasteiger partial charge in [-0.15, -0.1) is 0 Å². The molecular formula is C20H23F2NO3. The highest BCUT2D eigenvalue weighted by molar-refractivity contribution is 5.76. The first-order valence-electron chi connectivity index (χ1n) is 8.33. The monoisotopic (exact) mass is 363 g/mol. The highest BCUT2D eigenvalue weighted by Crippen LogP contribution is 2.19. The fraction of sp³-hybridized carbons (Fsp3) is 0.350. The molecule has 1 amide bonds. The third-order valence-electron chi connectivity index (χ3n) is 3.91. The second kappa shape index (κ2) is 9.17. The zero-order chi connectivity index (χ0) is 19.1. The Balaban J connectivity index is 1.81. The van der Waals surface area contributed by atoms with Crippen molar-refractivity contribution in [1.29, 1.82) is 0 Å². The Morgan fingerprint density at radius 3 is 2.46 bits per heavy atom. The summed E-state index contributed by atoms with van der Waals surface area (Å²) in [5, 5.41) is 0. The largest absolute Gasteiger partial charge is 0.493 e. The summed E-state index contributed by atoms with van der Waals surface area (Å²) in [7, 11) is 1.70. The molecule has 2 aromatic carbocycles. The molecule has 140 valence electrons. The van der Waals surface area contributed by atoms with E-state index in [1.54, 1.807) is 24.1 Å². The van der Waals surface area contributed by atoms with E-state index in [9.17, 15) is 13.6 Å². The number of benzene rings is 2. The molecule has 0 saturated carbocycles. The fourth-order valence-electron chi connectivity index (χ4n) is 2.44. The first-order chi connectivity index (χ1) is 12.3. The molecule has 0 aliphatic carbocycles. The smallest absolute Gasteiger partial charge is 0.387 e. The van der Waals surface area contributed by atoms with Gasteiger partial charge >= 0.3 is 6.61 Å². The first kappa shape index (κ1) is 19.7. The minimum absolute atomic E-state index is 0.0526. The zero-order valence-electron chi connectivity index (χ0n) is 15.2. The van der Waals surface area contributed by atoms with E-state index in [1.165, 1.54) is 12.1 Å². The van der Waals surface area contributed by atoms with Crippen molar-refractivity contribution in [2.45, 2.75) is 33.4 Å². The molecule has 0 bridgehead atoms. The van der Waals surface area contributed by atoms with Crippen LogP contribution in [0, 0.1) is 13.8 Å². The molecule has 4 nitrogen and oxygen atoms in total. The summed E-state index contributed by atoms with van der Waals surface area (Å²) in [6.45, 7) is 1.79. The summed E-state index contributed by atoms with van der Waals surface area (Å²) in [4.78, 5) is 13.8. The molecule has 0 heterocycles. The molecule has 0 spiro atoms. The van der Waals surface area contributed by atoms with Gasteiger partial charge in [0.1, 0.15) is 11.5 Å². The molecule has 26 heavy (non-hydrogen) atoms. The topological polar surface area (TPSA) is 38.8 Å². The Labute approximate surface area is 152 Å². The predicted molar refractivity (Wildman–Crippen MR) is 95.6 cm³/mol. The number of ether oxygens (including phenoxy) is 2. The van der Waals surface area contributed by atoms with Crippen LogP contribution in [0.3, 0.4) is 0 Å². The number of carbonyl (C=O) groups excluding carboxylic acids is 1. The number of amides is 1. The normalized spacial score (nSPS) is 10.7. The van der Waals surface area contributed by atoms with E-state index < -0.39 is 6.61 Å². The van der Waals surface area contributed by atoms with Crippen LogP contribution < -0.4 is 9.47 Å². The average molecular weight is 363 g/mol. The van der Waals surface area contributed by atoms with E-state index >= 15 is 0 Å². The minimum Gasteiger partial charge on any atom is -0.493 e. The summed E-state index contributed by atoms with van der Waals surface area (Å²) in [5.41, 5.74) is 2.97. The number of hydrogen-bond donors (Lipinski definition) is 0. The van der Waals surface area contributed by atoms with Gasteiger partial charge in [-0.2, -0.15) is 8.78 Å². The van der Waals surface area contributed by atoms with E-state index in [0.29, 0.717) is 13.2 Å². The number of carbonyl (C=O) groups is 1. The van der Waals surface area contributed by atoms with E-state index in [-0.39, 0.29) is 18.1 Å². The van der Waals surface area contributed by atoms with Gasteiger partial charge in [-0.1, -0.05) is 24.3 Å². The Bertz CT molecular complexity index is 732. The van der Waals surface area contributed by atoms with Crippen molar-refractivity contribution in [3.8, 4) is 11.5 Å². The lowest BCUT2D eigenvalue weighted by atomic mass is 10.1. The van der Waals surface area contributed by atoms with E-state index in [2.05, 4.69) is 4.74 Å². The number of alkyl halides is 2. The van der Waals surface area contributed by atoms with Crippen molar-refractivity contribution in [2.75, 3.05) is 13.7 Å². The third kappa shape index (κ3) is 6.02. The van der Waals surface area contributed by atoms with E-state index in [1.807, 2.05) is 32.0 Å². The predicted octanol–water partition coefficient (Wildman–Crippen LogP) is 4.33. The summed E-state index contributed by atoms with van der Waals surface area (Å²) in [6.07, 6.45) is 0.260. The van der Waals surface area contributed by atoms with Gasteiger partial charge in [-0.05, 0) is 48.7 Å². The number of nitrogens with zero attached hydrogens (tertiary/aromatic N) is 1. The Morgan fingerprint density at radius 1 is 1.12 bits per heavy atom. The maximum Gasteiger partial charge on any atom is 0.387 e. The van der Waals surface area contributed by atoms with Gasteiger partial charge in [0.15, 0.2) is 0 Å². The van der Waals surface area contributed by atoms with Crippen LogP contribution in [0.1, 0.15) is 23.1 Å². The third-order valence-corrected chi connectivity index (χ3v) is 3.91. The molecule has 2 rings (SSSR count). The second-order valence-corrected chi connectivity index (χ2v) is 6.14. The summed E-state index contributed by atoms with van der Waals surface area (Å²) >= 11 is 0. The zero-order valence-corrected chi connectivity index (χ0v) is 15.2. The van der Waals surface area contributed by atoms with Crippen LogP contribution in [0.4, 0.5) is 8.78 Å². The molecule has 0 unspecified atom stereocenters. The van der Waals surface area contributed by atoms with Crippen LogP contribution in [-0.4, -0.2) is 31.1 Å². The van der Waals surface area contributed by atoms with Gasteiger partial charge in [0.05, 0.1) is 13.0 Å². The van der Waals surface area contributed by atoms with Crippen LogP contribution in [0.15, 0.2) is 42.5 Å². The number of hydrogen-bond acceptors (Lipinski definition) is 3. The van der Waals surface area contributed by atoms with Crippen LogP contribution in [0.2, 0.25) is 0 Å². The Hall–Kier alpha value is -2.63. The molecule has 0 atom stereocenters. The van der Waals surface area contributed by atoms with Crippen molar-refractivity contribution in [3.63, 3.8) is 0 Å². The molecule has 0 saturated heterocycles. The summed E-state index contributed by atoms with van der Waals surface area (Å²) < 4.78 is 34.3. The van der Waals surface area contributed by atoms with Crippen molar-refractivity contribution in [2.24, 2.45) is 0 Å². The minimum atomic E-state index is -2.85. The Morgan fingerprint density at radius 2 is 1.81 bits per heavy atom.